The zero-order valence-electron chi connectivity index (χ0n) is 7.67. The molecule has 3 nitrogen and oxygen atoms in total. The molecule has 0 unspecified atom stereocenters. The monoisotopic (exact) mass is 196 g/mol. The highest BCUT2D eigenvalue weighted by molar-refractivity contribution is 6.00. The van der Waals surface area contributed by atoms with Gasteiger partial charge in [-0.2, -0.15) is 0 Å². The first kappa shape index (κ1) is 8.99. The van der Waals surface area contributed by atoms with Gasteiger partial charge >= 0.3 is 0 Å². The molecule has 0 amide bonds. The van der Waals surface area contributed by atoms with E-state index >= 15 is 0 Å². The minimum absolute atomic E-state index is 0.0389. The molecular formula is C10H9FO3. The third-order valence-corrected chi connectivity index (χ3v) is 2.13. The Balaban J connectivity index is 2.56. The highest BCUT2D eigenvalue weighted by atomic mass is 19.1. The smallest absolute Gasteiger partial charge is 0.172 e. The average Bonchev–Trinajstić information content (AvgIpc) is 2.17. The number of ketones is 1. The molecule has 0 saturated heterocycles. The van der Waals surface area contributed by atoms with Crippen LogP contribution in [0.4, 0.5) is 4.39 Å². The van der Waals surface area contributed by atoms with Crippen LogP contribution in [-0.2, 0) is 0 Å². The van der Waals surface area contributed by atoms with Gasteiger partial charge in [0.05, 0.1) is 19.3 Å². The summed E-state index contributed by atoms with van der Waals surface area (Å²) >= 11 is 0. The van der Waals surface area contributed by atoms with E-state index < -0.39 is 5.82 Å². The molecule has 0 radical (unpaired) electrons. The number of methoxy groups -OCH3 is 1. The number of hydrogen-bond donors (Lipinski definition) is 0. The Hall–Kier alpha value is -1.58. The number of fused-ring (bicyclic) bond motifs is 1. The maximum absolute atomic E-state index is 13.4. The number of ether oxygens (including phenoxy) is 2. The van der Waals surface area contributed by atoms with Crippen molar-refractivity contribution in [3.05, 3.63) is 23.5 Å². The van der Waals surface area contributed by atoms with E-state index in [1.54, 1.807) is 0 Å². The summed E-state index contributed by atoms with van der Waals surface area (Å²) in [6.07, 6.45) is 0.232. The SMILES string of the molecule is COc1cc(F)c2c(c1)OCCC2=O. The largest absolute Gasteiger partial charge is 0.497 e. The second-order valence-corrected chi connectivity index (χ2v) is 3.00. The van der Waals surface area contributed by atoms with Crippen LogP contribution in [-0.4, -0.2) is 19.5 Å². The maximum Gasteiger partial charge on any atom is 0.172 e. The molecule has 0 saturated carbocycles. The maximum atomic E-state index is 13.4. The van der Waals surface area contributed by atoms with Gasteiger partial charge in [0.15, 0.2) is 5.78 Å². The number of benzene rings is 1. The van der Waals surface area contributed by atoms with Crippen LogP contribution in [0, 0.1) is 5.82 Å². The molecule has 0 N–H and O–H groups in total. The second-order valence-electron chi connectivity index (χ2n) is 3.00. The lowest BCUT2D eigenvalue weighted by Crippen LogP contribution is -2.17. The molecule has 0 aromatic heterocycles. The first-order valence-electron chi connectivity index (χ1n) is 4.26. The highest BCUT2D eigenvalue weighted by Crippen LogP contribution is 2.31. The van der Waals surface area contributed by atoms with Crippen LogP contribution in [0.15, 0.2) is 12.1 Å². The van der Waals surface area contributed by atoms with Gasteiger partial charge in [0.2, 0.25) is 0 Å². The predicted molar refractivity (Wildman–Crippen MR) is 47.4 cm³/mol. The van der Waals surface area contributed by atoms with Crippen molar-refractivity contribution < 1.29 is 18.7 Å². The molecule has 4 heteroatoms. The molecular weight excluding hydrogens is 187 g/mol. The van der Waals surface area contributed by atoms with Gasteiger partial charge in [-0.3, -0.25) is 4.79 Å². The normalized spacial score (nSPS) is 14.6. The lowest BCUT2D eigenvalue weighted by Gasteiger charge is -2.17. The molecule has 1 aromatic carbocycles. The van der Waals surface area contributed by atoms with Crippen LogP contribution in [0.1, 0.15) is 16.8 Å². The third-order valence-electron chi connectivity index (χ3n) is 2.13. The van der Waals surface area contributed by atoms with E-state index in [4.69, 9.17) is 9.47 Å². The summed E-state index contributed by atoms with van der Waals surface area (Å²) in [5, 5.41) is 0. The summed E-state index contributed by atoms with van der Waals surface area (Å²) in [6, 6.07) is 2.71. The van der Waals surface area contributed by atoms with Crippen molar-refractivity contribution in [2.24, 2.45) is 0 Å². The molecule has 1 aromatic rings. The van der Waals surface area contributed by atoms with Gasteiger partial charge in [0.25, 0.3) is 0 Å². The first-order chi connectivity index (χ1) is 6.72. The zero-order chi connectivity index (χ0) is 10.1. The number of halogens is 1. The Morgan fingerprint density at radius 3 is 3.00 bits per heavy atom. The number of carbonyl (C=O) groups excluding carboxylic acids is 1. The van der Waals surface area contributed by atoms with E-state index in [2.05, 4.69) is 0 Å². The van der Waals surface area contributed by atoms with Gasteiger partial charge in [0, 0.05) is 18.6 Å². The van der Waals surface area contributed by atoms with Gasteiger partial charge in [-0.25, -0.2) is 4.39 Å². The highest BCUT2D eigenvalue weighted by Gasteiger charge is 2.23. The molecule has 0 bridgehead atoms. The summed E-state index contributed by atoms with van der Waals surface area (Å²) in [7, 11) is 1.44. The van der Waals surface area contributed by atoms with Crippen LogP contribution in [0.5, 0.6) is 11.5 Å². The van der Waals surface area contributed by atoms with Crippen molar-refractivity contribution in [3.8, 4) is 11.5 Å². The Morgan fingerprint density at radius 2 is 2.29 bits per heavy atom. The second kappa shape index (κ2) is 3.29. The lowest BCUT2D eigenvalue weighted by molar-refractivity contribution is 0.0927. The van der Waals surface area contributed by atoms with Crippen molar-refractivity contribution in [2.75, 3.05) is 13.7 Å². The van der Waals surface area contributed by atoms with E-state index in [0.29, 0.717) is 12.4 Å². The van der Waals surface area contributed by atoms with Crippen LogP contribution in [0.2, 0.25) is 0 Å². The fourth-order valence-electron chi connectivity index (χ4n) is 1.44. The first-order valence-corrected chi connectivity index (χ1v) is 4.26. The average molecular weight is 196 g/mol. The molecule has 1 aliphatic rings. The molecule has 14 heavy (non-hydrogen) atoms. The van der Waals surface area contributed by atoms with Crippen molar-refractivity contribution in [2.45, 2.75) is 6.42 Å². The van der Waals surface area contributed by atoms with E-state index in [0.717, 1.165) is 0 Å². The molecule has 74 valence electrons. The summed E-state index contributed by atoms with van der Waals surface area (Å²) in [6.45, 7) is 0.304. The van der Waals surface area contributed by atoms with Crippen molar-refractivity contribution in [1.82, 2.24) is 0 Å². The number of rotatable bonds is 1. The van der Waals surface area contributed by atoms with E-state index in [-0.39, 0.29) is 23.5 Å². The van der Waals surface area contributed by atoms with Gasteiger partial charge < -0.3 is 9.47 Å². The Morgan fingerprint density at radius 1 is 1.50 bits per heavy atom. The van der Waals surface area contributed by atoms with Gasteiger partial charge in [-0.1, -0.05) is 0 Å². The number of hydrogen-bond acceptors (Lipinski definition) is 3. The Kier molecular flexibility index (Phi) is 2.11. The van der Waals surface area contributed by atoms with Crippen LogP contribution in [0.3, 0.4) is 0 Å². The molecule has 0 fully saturated rings. The van der Waals surface area contributed by atoms with Gasteiger partial charge in [-0.15, -0.1) is 0 Å². The summed E-state index contributed by atoms with van der Waals surface area (Å²) in [5.74, 6) is -0.162. The summed E-state index contributed by atoms with van der Waals surface area (Å²) in [5.41, 5.74) is 0.0389. The minimum atomic E-state index is -0.580. The minimum Gasteiger partial charge on any atom is -0.497 e. The van der Waals surface area contributed by atoms with Crippen LogP contribution < -0.4 is 9.47 Å². The number of carbonyl (C=O) groups is 1. The van der Waals surface area contributed by atoms with Crippen LogP contribution in [0.25, 0.3) is 0 Å². The van der Waals surface area contributed by atoms with Crippen molar-refractivity contribution >= 4 is 5.78 Å². The summed E-state index contributed by atoms with van der Waals surface area (Å²) < 4.78 is 23.4. The lowest BCUT2D eigenvalue weighted by atomic mass is 10.0. The molecule has 0 spiro atoms. The van der Waals surface area contributed by atoms with E-state index in [1.807, 2.05) is 0 Å². The Labute approximate surface area is 80.4 Å². The standard InChI is InChI=1S/C10H9FO3/c1-13-6-4-7(11)10-8(12)2-3-14-9(10)5-6/h4-5H,2-3H2,1H3. The quantitative estimate of drug-likeness (QED) is 0.687. The molecule has 0 atom stereocenters. The van der Waals surface area contributed by atoms with Gasteiger partial charge in [-0.05, 0) is 0 Å². The molecule has 2 rings (SSSR count). The molecule has 1 heterocycles. The third kappa shape index (κ3) is 1.32. The number of Topliss-reactive ketones (excluding diaryl/α,β-unsaturated/α-hetero) is 1. The Bertz CT molecular complexity index is 387. The fourth-order valence-corrected chi connectivity index (χ4v) is 1.44. The molecule has 0 aliphatic carbocycles. The molecule has 1 aliphatic heterocycles. The van der Waals surface area contributed by atoms with Crippen molar-refractivity contribution in [1.29, 1.82) is 0 Å². The topological polar surface area (TPSA) is 35.5 Å². The fraction of sp³-hybridized carbons (Fsp3) is 0.300. The van der Waals surface area contributed by atoms with Gasteiger partial charge in [0.1, 0.15) is 17.3 Å². The van der Waals surface area contributed by atoms with E-state index in [1.165, 1.54) is 19.2 Å². The van der Waals surface area contributed by atoms with Crippen molar-refractivity contribution in [3.63, 3.8) is 0 Å². The van der Waals surface area contributed by atoms with E-state index in [9.17, 15) is 9.18 Å². The summed E-state index contributed by atoms with van der Waals surface area (Å²) in [4.78, 5) is 11.3. The van der Waals surface area contributed by atoms with Crippen LogP contribution >= 0.6 is 0 Å². The zero-order valence-corrected chi connectivity index (χ0v) is 7.67. The predicted octanol–water partition coefficient (Wildman–Crippen LogP) is 1.80.